The molecule has 0 aromatic carbocycles. The Kier molecular flexibility index (Phi) is 4.40. The lowest BCUT2D eigenvalue weighted by atomic mass is 10.0. The fourth-order valence-electron chi connectivity index (χ4n) is 1.27. The summed E-state index contributed by atoms with van der Waals surface area (Å²) in [6, 6.07) is 0. The largest absolute Gasteiger partial charge is 0.368 e. The van der Waals surface area contributed by atoms with Crippen LogP contribution < -0.4 is 11.1 Å². The van der Waals surface area contributed by atoms with Crippen LogP contribution in [0.15, 0.2) is 11.6 Å². The van der Waals surface area contributed by atoms with E-state index in [2.05, 4.69) is 10.3 Å². The van der Waals surface area contributed by atoms with Crippen LogP contribution in [0, 0.1) is 0 Å². The SMILES string of the molecule is CN(C)CCNC(C)(C(N)=O)c1nccs1. The van der Waals surface area contributed by atoms with Crippen molar-refractivity contribution in [2.75, 3.05) is 27.2 Å². The lowest BCUT2D eigenvalue weighted by molar-refractivity contribution is -0.124. The highest BCUT2D eigenvalue weighted by Crippen LogP contribution is 2.22. The Labute approximate surface area is 99.7 Å². The molecule has 16 heavy (non-hydrogen) atoms. The molecule has 0 aliphatic rings. The maximum Gasteiger partial charge on any atom is 0.244 e. The number of likely N-dealkylation sites (N-methyl/N-ethyl adjacent to an activating group) is 1. The molecule has 0 bridgehead atoms. The van der Waals surface area contributed by atoms with Gasteiger partial charge in [0.05, 0.1) is 0 Å². The molecule has 0 spiro atoms. The zero-order valence-electron chi connectivity index (χ0n) is 9.86. The maximum absolute atomic E-state index is 11.5. The number of thiazole rings is 1. The Morgan fingerprint density at radius 3 is 2.81 bits per heavy atom. The van der Waals surface area contributed by atoms with Crippen LogP contribution in [0.1, 0.15) is 11.9 Å². The second-order valence-corrected chi connectivity index (χ2v) is 4.95. The lowest BCUT2D eigenvalue weighted by Gasteiger charge is -2.26. The number of primary amides is 1. The molecule has 0 aliphatic heterocycles. The van der Waals surface area contributed by atoms with Crippen LogP contribution in [0.25, 0.3) is 0 Å². The molecule has 0 saturated carbocycles. The van der Waals surface area contributed by atoms with Gasteiger partial charge >= 0.3 is 0 Å². The van der Waals surface area contributed by atoms with Gasteiger partial charge in [-0.2, -0.15) is 0 Å². The van der Waals surface area contributed by atoms with Crippen LogP contribution in [0.3, 0.4) is 0 Å². The van der Waals surface area contributed by atoms with E-state index >= 15 is 0 Å². The van der Waals surface area contributed by atoms with E-state index in [1.807, 2.05) is 24.4 Å². The number of hydrogen-bond acceptors (Lipinski definition) is 5. The number of aromatic nitrogens is 1. The van der Waals surface area contributed by atoms with Crippen LogP contribution >= 0.6 is 11.3 Å². The molecule has 0 aliphatic carbocycles. The molecule has 3 N–H and O–H groups in total. The predicted octanol–water partition coefficient (Wildman–Crippen LogP) is -0.00520. The van der Waals surface area contributed by atoms with Gasteiger partial charge in [0.1, 0.15) is 10.5 Å². The first-order chi connectivity index (χ1) is 7.47. The number of nitrogens with two attached hydrogens (primary N) is 1. The minimum absolute atomic E-state index is 0.402. The van der Waals surface area contributed by atoms with Gasteiger partial charge in [0.25, 0.3) is 0 Å². The van der Waals surface area contributed by atoms with Crippen molar-refractivity contribution in [3.63, 3.8) is 0 Å². The minimum Gasteiger partial charge on any atom is -0.368 e. The summed E-state index contributed by atoms with van der Waals surface area (Å²) < 4.78 is 0. The smallest absolute Gasteiger partial charge is 0.244 e. The molecule has 0 fully saturated rings. The van der Waals surface area contributed by atoms with E-state index in [0.717, 1.165) is 6.54 Å². The second kappa shape index (κ2) is 5.38. The normalized spacial score (nSPS) is 15.0. The van der Waals surface area contributed by atoms with Gasteiger partial charge in [0.2, 0.25) is 5.91 Å². The average Bonchev–Trinajstić information content (AvgIpc) is 2.69. The second-order valence-electron chi connectivity index (χ2n) is 4.06. The van der Waals surface area contributed by atoms with Crippen molar-refractivity contribution >= 4 is 17.2 Å². The fourth-order valence-corrected chi connectivity index (χ4v) is 2.05. The van der Waals surface area contributed by atoms with E-state index in [-0.39, 0.29) is 0 Å². The van der Waals surface area contributed by atoms with Crippen molar-refractivity contribution in [2.45, 2.75) is 12.5 Å². The molecule has 1 aromatic rings. The Morgan fingerprint density at radius 2 is 2.38 bits per heavy atom. The zero-order valence-corrected chi connectivity index (χ0v) is 10.7. The van der Waals surface area contributed by atoms with Gasteiger partial charge in [-0.15, -0.1) is 11.3 Å². The van der Waals surface area contributed by atoms with Gasteiger partial charge in [0.15, 0.2) is 0 Å². The number of nitrogens with one attached hydrogen (secondary N) is 1. The summed E-state index contributed by atoms with van der Waals surface area (Å²) in [4.78, 5) is 17.7. The van der Waals surface area contributed by atoms with Crippen molar-refractivity contribution in [3.8, 4) is 0 Å². The summed E-state index contributed by atoms with van der Waals surface area (Å²) in [5.74, 6) is -0.402. The first-order valence-corrected chi connectivity index (χ1v) is 5.94. The average molecular weight is 242 g/mol. The molecule has 0 saturated heterocycles. The topological polar surface area (TPSA) is 71.2 Å². The van der Waals surface area contributed by atoms with Gasteiger partial charge in [-0.1, -0.05) is 0 Å². The number of carbonyl (C=O) groups excluding carboxylic acids is 1. The standard InChI is InChI=1S/C10H18N4OS/c1-10(8(11)15,9-12-5-7-16-9)13-4-6-14(2)3/h5,7,13H,4,6H2,1-3H3,(H2,11,15). The van der Waals surface area contributed by atoms with Gasteiger partial charge < -0.3 is 10.6 Å². The third-order valence-electron chi connectivity index (χ3n) is 2.39. The van der Waals surface area contributed by atoms with Crippen LogP contribution in [0.5, 0.6) is 0 Å². The van der Waals surface area contributed by atoms with Gasteiger partial charge in [-0.25, -0.2) is 4.98 Å². The molecule has 0 radical (unpaired) electrons. The van der Waals surface area contributed by atoms with Crippen molar-refractivity contribution in [2.24, 2.45) is 5.73 Å². The summed E-state index contributed by atoms with van der Waals surface area (Å²) in [6.45, 7) is 3.30. The Bertz CT molecular complexity index is 339. The first kappa shape index (κ1) is 13.1. The lowest BCUT2D eigenvalue weighted by Crippen LogP contribution is -2.51. The predicted molar refractivity (Wildman–Crippen MR) is 65.2 cm³/mol. The highest BCUT2D eigenvalue weighted by atomic mass is 32.1. The monoisotopic (exact) mass is 242 g/mol. The molecular weight excluding hydrogens is 224 g/mol. The van der Waals surface area contributed by atoms with E-state index < -0.39 is 11.4 Å². The molecule has 1 amide bonds. The van der Waals surface area contributed by atoms with Gasteiger partial charge in [0, 0.05) is 24.7 Å². The minimum atomic E-state index is -0.871. The van der Waals surface area contributed by atoms with Crippen LogP contribution in [-0.4, -0.2) is 43.0 Å². The number of hydrogen-bond donors (Lipinski definition) is 2. The van der Waals surface area contributed by atoms with Crippen LogP contribution in [-0.2, 0) is 10.3 Å². The van der Waals surface area contributed by atoms with Crippen molar-refractivity contribution in [3.05, 3.63) is 16.6 Å². The summed E-state index contributed by atoms with van der Waals surface area (Å²) in [5, 5.41) is 5.71. The van der Waals surface area contributed by atoms with Crippen LogP contribution in [0.2, 0.25) is 0 Å². The quantitative estimate of drug-likeness (QED) is 0.736. The Morgan fingerprint density at radius 1 is 1.69 bits per heavy atom. The molecule has 1 heterocycles. The zero-order chi connectivity index (χ0) is 12.2. The highest BCUT2D eigenvalue weighted by molar-refractivity contribution is 7.09. The summed E-state index contributed by atoms with van der Waals surface area (Å²) >= 11 is 1.43. The molecule has 1 aromatic heterocycles. The van der Waals surface area contributed by atoms with Gasteiger partial charge in [-0.05, 0) is 21.0 Å². The number of rotatable bonds is 6. The van der Waals surface area contributed by atoms with E-state index in [4.69, 9.17) is 5.73 Å². The van der Waals surface area contributed by atoms with Crippen molar-refractivity contribution in [1.29, 1.82) is 0 Å². The van der Waals surface area contributed by atoms with Crippen molar-refractivity contribution < 1.29 is 4.79 Å². The van der Waals surface area contributed by atoms with E-state index in [0.29, 0.717) is 11.6 Å². The van der Waals surface area contributed by atoms with E-state index in [1.165, 1.54) is 11.3 Å². The molecule has 90 valence electrons. The number of amides is 1. The molecule has 5 nitrogen and oxygen atoms in total. The summed E-state index contributed by atoms with van der Waals surface area (Å²) in [6.07, 6.45) is 1.68. The molecular formula is C10H18N4OS. The van der Waals surface area contributed by atoms with Crippen molar-refractivity contribution in [1.82, 2.24) is 15.2 Å². The Hall–Kier alpha value is -0.980. The van der Waals surface area contributed by atoms with Gasteiger partial charge in [-0.3, -0.25) is 10.1 Å². The third kappa shape index (κ3) is 3.01. The summed E-state index contributed by atoms with van der Waals surface area (Å²) in [5.41, 5.74) is 4.56. The van der Waals surface area contributed by atoms with E-state index in [9.17, 15) is 4.79 Å². The Balaban J connectivity index is 2.71. The number of nitrogens with zero attached hydrogens (tertiary/aromatic N) is 2. The maximum atomic E-state index is 11.5. The summed E-state index contributed by atoms with van der Waals surface area (Å²) in [7, 11) is 3.96. The van der Waals surface area contributed by atoms with Crippen LogP contribution in [0.4, 0.5) is 0 Å². The third-order valence-corrected chi connectivity index (χ3v) is 3.39. The molecule has 6 heteroatoms. The highest BCUT2D eigenvalue weighted by Gasteiger charge is 2.35. The first-order valence-electron chi connectivity index (χ1n) is 5.06. The fraction of sp³-hybridized carbons (Fsp3) is 0.600. The van der Waals surface area contributed by atoms with E-state index in [1.54, 1.807) is 13.1 Å². The number of carbonyl (C=O) groups is 1. The molecule has 1 atom stereocenters. The molecule has 1 rings (SSSR count). The molecule has 1 unspecified atom stereocenters.